The molecular formula is C46H44F12N2. The second-order valence-electron chi connectivity index (χ2n) is 16.7. The van der Waals surface area contributed by atoms with E-state index in [2.05, 4.69) is 45.8 Å². The van der Waals surface area contributed by atoms with Crippen LogP contribution in [-0.4, -0.2) is 29.3 Å². The summed E-state index contributed by atoms with van der Waals surface area (Å²) in [6, 6.07) is 11.5. The number of hydrogen-bond acceptors (Lipinski definition) is 1. The first-order valence-electron chi connectivity index (χ1n) is 18.8. The van der Waals surface area contributed by atoms with E-state index in [0.29, 0.717) is 41.1 Å². The zero-order valence-electron chi connectivity index (χ0n) is 33.8. The molecule has 60 heavy (non-hydrogen) atoms. The van der Waals surface area contributed by atoms with Crippen LogP contribution in [0.4, 0.5) is 52.7 Å². The van der Waals surface area contributed by atoms with Crippen molar-refractivity contribution in [3.8, 4) is 5.69 Å². The molecule has 1 aliphatic rings. The van der Waals surface area contributed by atoms with Gasteiger partial charge in [0.25, 0.3) is 0 Å². The van der Waals surface area contributed by atoms with Gasteiger partial charge in [-0.05, 0) is 69.8 Å². The highest BCUT2D eigenvalue weighted by Gasteiger charge is 2.73. The maximum Gasteiger partial charge on any atom is 0.411 e. The fourth-order valence-electron chi connectivity index (χ4n) is 7.87. The van der Waals surface area contributed by atoms with Crippen LogP contribution in [-0.2, 0) is 16.2 Å². The largest absolute Gasteiger partial charge is 0.411 e. The van der Waals surface area contributed by atoms with Crippen LogP contribution >= 0.6 is 0 Å². The molecule has 1 aliphatic heterocycles. The lowest BCUT2D eigenvalue weighted by Gasteiger charge is -2.38. The van der Waals surface area contributed by atoms with Crippen LogP contribution in [0.5, 0.6) is 0 Å². The van der Waals surface area contributed by atoms with Gasteiger partial charge in [-0.1, -0.05) is 128 Å². The Morgan fingerprint density at radius 3 is 1.33 bits per heavy atom. The van der Waals surface area contributed by atoms with Crippen molar-refractivity contribution < 1.29 is 52.7 Å². The lowest BCUT2D eigenvalue weighted by atomic mass is 9.71. The molecule has 0 amide bonds. The van der Waals surface area contributed by atoms with Crippen molar-refractivity contribution in [1.82, 2.24) is 9.88 Å². The van der Waals surface area contributed by atoms with E-state index in [1.165, 1.54) is 12.1 Å². The zero-order chi connectivity index (χ0) is 45.3. The molecule has 1 atom stereocenters. The van der Waals surface area contributed by atoms with Gasteiger partial charge in [0, 0.05) is 44.5 Å². The maximum absolute atomic E-state index is 15.2. The molecule has 14 heteroatoms. The average Bonchev–Trinajstić information content (AvgIpc) is 3.52. The van der Waals surface area contributed by atoms with Crippen LogP contribution in [0.1, 0.15) is 93.5 Å². The summed E-state index contributed by atoms with van der Waals surface area (Å²) in [4.78, 5) is 0. The maximum atomic E-state index is 15.2. The number of hydrogen-bond donors (Lipinski definition) is 1. The summed E-state index contributed by atoms with van der Waals surface area (Å²) in [5.41, 5.74) is -12.9. The second kappa shape index (κ2) is 15.1. The molecule has 0 spiro atoms. The van der Waals surface area contributed by atoms with Gasteiger partial charge in [-0.3, -0.25) is 0 Å². The van der Waals surface area contributed by atoms with Crippen molar-refractivity contribution in [1.29, 1.82) is 0 Å². The Bertz CT molecular complexity index is 2460. The molecule has 322 valence electrons. The Morgan fingerprint density at radius 1 is 0.517 bits per heavy atom. The molecule has 0 fully saturated rings. The molecular weight excluding hydrogens is 808 g/mol. The second-order valence-corrected chi connectivity index (χ2v) is 16.7. The molecule has 0 bridgehead atoms. The summed E-state index contributed by atoms with van der Waals surface area (Å²) in [5, 5.41) is 2.47. The fourth-order valence-corrected chi connectivity index (χ4v) is 7.87. The molecule has 1 aromatic heterocycles. The highest BCUT2D eigenvalue weighted by atomic mass is 19.4. The predicted octanol–water partition coefficient (Wildman–Crippen LogP) is 12.9. The Kier molecular flexibility index (Phi) is 11.6. The molecule has 1 N–H and O–H groups in total. The lowest BCUT2D eigenvalue weighted by Crippen LogP contribution is -2.54. The first-order chi connectivity index (χ1) is 27.3. The van der Waals surface area contributed by atoms with Crippen LogP contribution in [0, 0.1) is 5.92 Å². The van der Waals surface area contributed by atoms with Gasteiger partial charge >= 0.3 is 24.7 Å². The number of nitrogens with one attached hydrogen (secondary N) is 1. The molecule has 0 saturated heterocycles. The third kappa shape index (κ3) is 7.37. The molecule has 5 aromatic rings. The number of alkyl halides is 12. The smallest absolute Gasteiger partial charge is 0.378 e. The van der Waals surface area contributed by atoms with E-state index in [-0.39, 0.29) is 32.7 Å². The SMILES string of the molecule is C=C1NC(C)c2cc(C(c3ccc4c(=C)n(-c5ccc(C(c6ccc(C(C)(C)C)cc6)(C(F)(F)F)C(F)(F)F)cc5)c(=C)c4c3)(C(F)(F)F)C(F)(F)F)ccc21.CC(C)C. The van der Waals surface area contributed by atoms with E-state index in [1.807, 2.05) is 0 Å². The van der Waals surface area contributed by atoms with Crippen molar-refractivity contribution in [2.75, 3.05) is 0 Å². The molecule has 6 rings (SSSR count). The molecule has 0 radical (unpaired) electrons. The van der Waals surface area contributed by atoms with Gasteiger partial charge in [-0.2, -0.15) is 52.7 Å². The normalized spacial score (nSPS) is 15.5. The molecule has 2 heterocycles. The van der Waals surface area contributed by atoms with Gasteiger partial charge in [0.05, 0.1) is 0 Å². The minimum atomic E-state index is -5.93. The highest BCUT2D eigenvalue weighted by Crippen LogP contribution is 2.58. The van der Waals surface area contributed by atoms with Crippen LogP contribution in [0.3, 0.4) is 0 Å². The summed E-state index contributed by atoms with van der Waals surface area (Å²) < 4.78 is 181. The van der Waals surface area contributed by atoms with E-state index >= 15 is 26.3 Å². The third-order valence-corrected chi connectivity index (χ3v) is 10.7. The molecule has 4 aromatic carbocycles. The number of benzene rings is 4. The van der Waals surface area contributed by atoms with Crippen molar-refractivity contribution in [2.24, 2.45) is 5.92 Å². The Morgan fingerprint density at radius 2 is 0.883 bits per heavy atom. The van der Waals surface area contributed by atoms with Gasteiger partial charge in [0.1, 0.15) is 0 Å². The Balaban J connectivity index is 0.00000163. The Labute approximate surface area is 339 Å². The van der Waals surface area contributed by atoms with Crippen molar-refractivity contribution >= 4 is 29.6 Å². The molecule has 0 aliphatic carbocycles. The number of nitrogens with zero attached hydrogens (tertiary/aromatic N) is 1. The van der Waals surface area contributed by atoms with E-state index in [9.17, 15) is 26.3 Å². The number of aromatic nitrogens is 1. The number of fused-ring (bicyclic) bond motifs is 2. The average molecular weight is 853 g/mol. The van der Waals surface area contributed by atoms with E-state index < -0.39 is 69.2 Å². The van der Waals surface area contributed by atoms with Crippen LogP contribution < -0.4 is 16.0 Å². The minimum Gasteiger partial charge on any atom is -0.378 e. The van der Waals surface area contributed by atoms with Gasteiger partial charge < -0.3 is 9.88 Å². The van der Waals surface area contributed by atoms with E-state index in [0.717, 1.165) is 59.0 Å². The predicted molar refractivity (Wildman–Crippen MR) is 212 cm³/mol. The van der Waals surface area contributed by atoms with Gasteiger partial charge in [0.15, 0.2) is 0 Å². The molecule has 0 saturated carbocycles. The minimum absolute atomic E-state index is 0.0412. The van der Waals surface area contributed by atoms with E-state index in [1.54, 1.807) is 27.7 Å². The topological polar surface area (TPSA) is 17.0 Å². The summed E-state index contributed by atoms with van der Waals surface area (Å²) in [6.07, 6.45) is -23.6. The molecule has 1 unspecified atom stereocenters. The monoisotopic (exact) mass is 852 g/mol. The Hall–Kier alpha value is -5.14. The zero-order valence-corrected chi connectivity index (χ0v) is 33.8. The fraction of sp³-hybridized carbons (Fsp3) is 0.348. The summed E-state index contributed by atoms with van der Waals surface area (Å²) in [6.45, 7) is 24.8. The number of rotatable bonds is 5. The number of halogens is 12. The van der Waals surface area contributed by atoms with Crippen LogP contribution in [0.15, 0.2) is 91.5 Å². The first-order valence-corrected chi connectivity index (χ1v) is 18.8. The highest BCUT2D eigenvalue weighted by molar-refractivity contribution is 5.86. The lowest BCUT2D eigenvalue weighted by molar-refractivity contribution is -0.290. The van der Waals surface area contributed by atoms with Crippen LogP contribution in [0.25, 0.3) is 35.3 Å². The third-order valence-electron chi connectivity index (χ3n) is 10.7. The van der Waals surface area contributed by atoms with Crippen LogP contribution in [0.2, 0.25) is 0 Å². The summed E-state index contributed by atoms with van der Waals surface area (Å²) in [7, 11) is 0. The van der Waals surface area contributed by atoms with Crippen molar-refractivity contribution in [3.05, 3.63) is 141 Å². The quantitative estimate of drug-likeness (QED) is 0.174. The summed E-state index contributed by atoms with van der Waals surface area (Å²) >= 11 is 0. The van der Waals surface area contributed by atoms with Crippen molar-refractivity contribution in [2.45, 2.75) is 95.5 Å². The van der Waals surface area contributed by atoms with Gasteiger partial charge in [0.2, 0.25) is 10.8 Å². The molecule has 2 nitrogen and oxygen atoms in total. The summed E-state index contributed by atoms with van der Waals surface area (Å²) in [5.74, 6) is 0.833. The standard InChI is InChI=1S/C42H34F12N2.C4H10/c1-22-32-18-14-29(20-34(32)23(2)55-22)38(41(49,50)51,42(52,53)54)30-15-19-33-24(3)56(25(4)35(33)21-30)31-16-12-28(13-17-31)37(39(43,44)45,40(46,47)48)27-10-8-26(9-11-27)36(5,6)7;1-4(2)3/h8-21,23,55H,1,3-4H2,2,5-7H3;4H,1-3H3. The van der Waals surface area contributed by atoms with Gasteiger partial charge in [-0.15, -0.1) is 0 Å². The van der Waals surface area contributed by atoms with Crippen molar-refractivity contribution in [3.63, 3.8) is 0 Å². The van der Waals surface area contributed by atoms with E-state index in [4.69, 9.17) is 0 Å². The first kappa shape index (κ1) is 45.9. The van der Waals surface area contributed by atoms with Gasteiger partial charge in [-0.25, -0.2) is 0 Å².